The number of carbonyl (C=O) groups is 1. The van der Waals surface area contributed by atoms with E-state index in [1.165, 1.54) is 0 Å². The van der Waals surface area contributed by atoms with Crippen molar-refractivity contribution in [1.82, 2.24) is 14.8 Å². The Kier molecular flexibility index (Phi) is 4.70. The summed E-state index contributed by atoms with van der Waals surface area (Å²) in [4.78, 5) is 20.4. The molecule has 1 aliphatic heterocycles. The van der Waals surface area contributed by atoms with Gasteiger partial charge >= 0.3 is 0 Å². The summed E-state index contributed by atoms with van der Waals surface area (Å²) in [6.07, 6.45) is 1.66. The average molecular weight is 264 g/mol. The van der Waals surface area contributed by atoms with Crippen LogP contribution in [0.1, 0.15) is 10.5 Å². The summed E-state index contributed by atoms with van der Waals surface area (Å²) in [5.41, 5.74) is 1.37. The second-order valence-electron chi connectivity index (χ2n) is 4.54. The number of hydrogen-bond acceptors (Lipinski definition) is 5. The molecule has 0 unspecified atom stereocenters. The largest absolute Gasteiger partial charge is 0.395 e. The molecule has 6 heteroatoms. The predicted molar refractivity (Wildman–Crippen MR) is 73.2 cm³/mol. The van der Waals surface area contributed by atoms with Crippen LogP contribution in [0, 0.1) is 0 Å². The monoisotopic (exact) mass is 264 g/mol. The Balaban J connectivity index is 1.93. The lowest BCUT2D eigenvalue weighted by Crippen LogP contribution is -2.49. The average Bonchev–Trinajstić information content (AvgIpc) is 2.48. The van der Waals surface area contributed by atoms with Crippen LogP contribution in [-0.4, -0.2) is 72.2 Å². The van der Waals surface area contributed by atoms with Gasteiger partial charge < -0.3 is 15.3 Å². The van der Waals surface area contributed by atoms with Gasteiger partial charge in [-0.3, -0.25) is 9.69 Å². The fourth-order valence-electron chi connectivity index (χ4n) is 2.15. The fraction of sp³-hybridized carbons (Fsp3) is 0.538. The number of rotatable bonds is 4. The molecule has 1 fully saturated rings. The highest BCUT2D eigenvalue weighted by Crippen LogP contribution is 2.09. The van der Waals surface area contributed by atoms with E-state index in [-0.39, 0.29) is 12.5 Å². The van der Waals surface area contributed by atoms with E-state index in [0.717, 1.165) is 18.8 Å². The first kappa shape index (κ1) is 13.8. The van der Waals surface area contributed by atoms with Crippen LogP contribution < -0.4 is 5.32 Å². The number of aromatic nitrogens is 1. The van der Waals surface area contributed by atoms with E-state index in [1.54, 1.807) is 12.3 Å². The Morgan fingerprint density at radius 1 is 1.37 bits per heavy atom. The maximum absolute atomic E-state index is 12.2. The zero-order valence-corrected chi connectivity index (χ0v) is 11.2. The van der Waals surface area contributed by atoms with E-state index in [9.17, 15) is 4.79 Å². The quantitative estimate of drug-likeness (QED) is 0.793. The summed E-state index contributed by atoms with van der Waals surface area (Å²) in [6, 6.07) is 3.59. The maximum atomic E-state index is 12.2. The standard InChI is InChI=1S/C13H20N4O2/c1-14-11-2-3-12(15-10-11)13(19)17-6-4-16(5-7-17)8-9-18/h2-3,10,14,18H,4-9H2,1H3. The van der Waals surface area contributed by atoms with Gasteiger partial charge in [-0.05, 0) is 12.1 Å². The Morgan fingerprint density at radius 3 is 2.63 bits per heavy atom. The van der Waals surface area contributed by atoms with E-state index in [2.05, 4.69) is 15.2 Å². The number of hydrogen-bond donors (Lipinski definition) is 2. The van der Waals surface area contributed by atoms with Gasteiger partial charge in [-0.25, -0.2) is 4.98 Å². The minimum Gasteiger partial charge on any atom is -0.395 e. The molecule has 1 aliphatic rings. The molecule has 19 heavy (non-hydrogen) atoms. The predicted octanol–water partition coefficient (Wildman–Crippen LogP) is -0.127. The molecule has 104 valence electrons. The topological polar surface area (TPSA) is 68.7 Å². The summed E-state index contributed by atoms with van der Waals surface area (Å²) in [7, 11) is 1.82. The van der Waals surface area contributed by atoms with Crippen molar-refractivity contribution in [3.05, 3.63) is 24.0 Å². The third kappa shape index (κ3) is 3.42. The highest BCUT2D eigenvalue weighted by atomic mass is 16.3. The molecule has 0 bridgehead atoms. The molecule has 0 aliphatic carbocycles. The molecule has 1 aromatic rings. The van der Waals surface area contributed by atoms with Crippen molar-refractivity contribution in [3.8, 4) is 0 Å². The van der Waals surface area contributed by atoms with Crippen LogP contribution in [0.5, 0.6) is 0 Å². The van der Waals surface area contributed by atoms with Crippen LogP contribution in [0.3, 0.4) is 0 Å². The second kappa shape index (κ2) is 6.49. The lowest BCUT2D eigenvalue weighted by molar-refractivity contribution is 0.0609. The molecular formula is C13H20N4O2. The lowest BCUT2D eigenvalue weighted by Gasteiger charge is -2.34. The van der Waals surface area contributed by atoms with Gasteiger partial charge in [0.2, 0.25) is 0 Å². The van der Waals surface area contributed by atoms with E-state index in [0.29, 0.717) is 25.3 Å². The summed E-state index contributed by atoms with van der Waals surface area (Å²) in [6.45, 7) is 3.84. The summed E-state index contributed by atoms with van der Waals surface area (Å²) < 4.78 is 0. The molecule has 2 rings (SSSR count). The van der Waals surface area contributed by atoms with Gasteiger partial charge in [0.05, 0.1) is 18.5 Å². The molecule has 0 atom stereocenters. The van der Waals surface area contributed by atoms with Crippen molar-refractivity contribution in [2.24, 2.45) is 0 Å². The Hall–Kier alpha value is -1.66. The number of piperazine rings is 1. The normalized spacial score (nSPS) is 16.4. The van der Waals surface area contributed by atoms with Crippen molar-refractivity contribution in [1.29, 1.82) is 0 Å². The molecule has 0 spiro atoms. The molecular weight excluding hydrogens is 244 g/mol. The molecule has 6 nitrogen and oxygen atoms in total. The van der Waals surface area contributed by atoms with Gasteiger partial charge in [-0.2, -0.15) is 0 Å². The number of pyridine rings is 1. The van der Waals surface area contributed by atoms with Crippen LogP contribution in [0.15, 0.2) is 18.3 Å². The van der Waals surface area contributed by atoms with Crippen LogP contribution in [0.25, 0.3) is 0 Å². The van der Waals surface area contributed by atoms with Crippen molar-refractivity contribution in [3.63, 3.8) is 0 Å². The van der Waals surface area contributed by atoms with Gasteiger partial charge in [-0.15, -0.1) is 0 Å². The Morgan fingerprint density at radius 2 is 2.11 bits per heavy atom. The number of anilines is 1. The SMILES string of the molecule is CNc1ccc(C(=O)N2CCN(CCO)CC2)nc1. The highest BCUT2D eigenvalue weighted by molar-refractivity contribution is 5.92. The van der Waals surface area contributed by atoms with Crippen molar-refractivity contribution >= 4 is 11.6 Å². The van der Waals surface area contributed by atoms with E-state index in [4.69, 9.17) is 5.11 Å². The number of nitrogens with zero attached hydrogens (tertiary/aromatic N) is 3. The molecule has 2 N–H and O–H groups in total. The zero-order chi connectivity index (χ0) is 13.7. The minimum absolute atomic E-state index is 0.0219. The Bertz CT molecular complexity index is 413. The number of amides is 1. The molecule has 1 amide bonds. The van der Waals surface area contributed by atoms with Crippen LogP contribution >= 0.6 is 0 Å². The van der Waals surface area contributed by atoms with Gasteiger partial charge in [-0.1, -0.05) is 0 Å². The van der Waals surface area contributed by atoms with Crippen molar-refractivity contribution in [2.75, 3.05) is 51.7 Å². The highest BCUT2D eigenvalue weighted by Gasteiger charge is 2.22. The van der Waals surface area contributed by atoms with Gasteiger partial charge in [0.15, 0.2) is 0 Å². The molecule has 0 radical (unpaired) electrons. The third-order valence-electron chi connectivity index (χ3n) is 3.35. The zero-order valence-electron chi connectivity index (χ0n) is 11.2. The van der Waals surface area contributed by atoms with Gasteiger partial charge in [0, 0.05) is 39.8 Å². The fourth-order valence-corrected chi connectivity index (χ4v) is 2.15. The third-order valence-corrected chi connectivity index (χ3v) is 3.35. The maximum Gasteiger partial charge on any atom is 0.272 e. The van der Waals surface area contributed by atoms with Crippen LogP contribution in [0.4, 0.5) is 5.69 Å². The molecule has 0 saturated carbocycles. The van der Waals surface area contributed by atoms with Gasteiger partial charge in [0.25, 0.3) is 5.91 Å². The number of β-amino-alcohol motifs (C(OH)–C–C–N with tert-alkyl or cyclic N) is 1. The van der Waals surface area contributed by atoms with Crippen LogP contribution in [0.2, 0.25) is 0 Å². The Labute approximate surface area is 113 Å². The number of aliphatic hydroxyl groups excluding tert-OH is 1. The molecule has 0 aromatic carbocycles. The first-order valence-electron chi connectivity index (χ1n) is 6.51. The van der Waals surface area contributed by atoms with Crippen molar-refractivity contribution < 1.29 is 9.90 Å². The summed E-state index contributed by atoms with van der Waals surface area (Å²) in [5.74, 6) is -0.0219. The number of aliphatic hydroxyl groups is 1. The summed E-state index contributed by atoms with van der Waals surface area (Å²) >= 11 is 0. The summed E-state index contributed by atoms with van der Waals surface area (Å²) in [5, 5.41) is 11.9. The first-order chi connectivity index (χ1) is 9.24. The smallest absolute Gasteiger partial charge is 0.272 e. The van der Waals surface area contributed by atoms with Gasteiger partial charge in [0.1, 0.15) is 5.69 Å². The minimum atomic E-state index is -0.0219. The molecule has 1 aromatic heterocycles. The van der Waals surface area contributed by atoms with E-state index < -0.39 is 0 Å². The van der Waals surface area contributed by atoms with E-state index >= 15 is 0 Å². The van der Waals surface area contributed by atoms with Crippen molar-refractivity contribution in [2.45, 2.75) is 0 Å². The first-order valence-corrected chi connectivity index (χ1v) is 6.51. The molecule has 1 saturated heterocycles. The number of nitrogens with one attached hydrogen (secondary N) is 1. The van der Waals surface area contributed by atoms with E-state index in [1.807, 2.05) is 18.0 Å². The second-order valence-corrected chi connectivity index (χ2v) is 4.54. The number of carbonyl (C=O) groups excluding carboxylic acids is 1. The van der Waals surface area contributed by atoms with Crippen LogP contribution in [-0.2, 0) is 0 Å². The lowest BCUT2D eigenvalue weighted by atomic mass is 10.2. The molecule has 2 heterocycles.